The Morgan fingerprint density at radius 1 is 1.20 bits per heavy atom. The molecule has 0 aromatic carbocycles. The number of alkyl halides is 2. The predicted octanol–water partition coefficient (Wildman–Crippen LogP) is 1.03. The number of nitrogens with zero attached hydrogens (tertiary/aromatic N) is 3. The zero-order valence-electron chi connectivity index (χ0n) is 17.2. The summed E-state index contributed by atoms with van der Waals surface area (Å²) in [5.41, 5.74) is 11.9. The van der Waals surface area contributed by atoms with Crippen LogP contribution >= 0.6 is 0 Å². The van der Waals surface area contributed by atoms with Crippen molar-refractivity contribution in [3.8, 4) is 0 Å². The lowest BCUT2D eigenvalue weighted by Gasteiger charge is -2.36. The highest BCUT2D eigenvalue weighted by molar-refractivity contribution is 5.98. The third-order valence-corrected chi connectivity index (χ3v) is 6.24. The fourth-order valence-corrected chi connectivity index (χ4v) is 4.23. The minimum atomic E-state index is -2.93. The molecular weight excluding hydrogens is 396 g/mol. The van der Waals surface area contributed by atoms with Gasteiger partial charge in [0.05, 0.1) is 6.54 Å². The number of hydrogen-bond acceptors (Lipinski definition) is 4. The fraction of sp³-hybridized carbons (Fsp3) is 0.800. The molecule has 0 aromatic rings. The van der Waals surface area contributed by atoms with Crippen molar-refractivity contribution < 1.29 is 23.2 Å². The van der Waals surface area contributed by atoms with Crippen molar-refractivity contribution in [1.29, 1.82) is 0 Å². The van der Waals surface area contributed by atoms with E-state index in [9.17, 15) is 23.2 Å². The molecule has 3 amide bonds. The highest BCUT2D eigenvalue weighted by Gasteiger charge is 2.40. The second-order valence-electron chi connectivity index (χ2n) is 8.70. The van der Waals surface area contributed by atoms with Crippen molar-refractivity contribution in [1.82, 2.24) is 9.80 Å². The van der Waals surface area contributed by atoms with Crippen LogP contribution in [-0.4, -0.2) is 71.0 Å². The van der Waals surface area contributed by atoms with Crippen LogP contribution in [0.2, 0.25) is 0 Å². The van der Waals surface area contributed by atoms with Crippen LogP contribution in [0.1, 0.15) is 57.8 Å². The Kier molecular flexibility index (Phi) is 7.05. The number of hydrogen-bond donors (Lipinski definition) is 2. The molecule has 2 aliphatic heterocycles. The van der Waals surface area contributed by atoms with Gasteiger partial charge in [0.25, 0.3) is 11.8 Å². The molecule has 0 radical (unpaired) electrons. The Balaban J connectivity index is 1.58. The Bertz CT molecular complexity index is 711. The number of amidine groups is 1. The van der Waals surface area contributed by atoms with Gasteiger partial charge in [0.2, 0.25) is 11.8 Å². The molecule has 168 valence electrons. The van der Waals surface area contributed by atoms with Crippen molar-refractivity contribution in [2.24, 2.45) is 22.4 Å². The third kappa shape index (κ3) is 5.53. The first kappa shape index (κ1) is 22.6. The van der Waals surface area contributed by atoms with Gasteiger partial charge in [-0.3, -0.25) is 14.4 Å². The van der Waals surface area contributed by atoms with E-state index in [4.69, 9.17) is 11.5 Å². The molecule has 2 atom stereocenters. The molecule has 3 fully saturated rings. The predicted molar refractivity (Wildman–Crippen MR) is 107 cm³/mol. The summed E-state index contributed by atoms with van der Waals surface area (Å²) in [5.74, 6) is -3.56. The number of halogens is 2. The second-order valence-corrected chi connectivity index (χ2v) is 8.70. The minimum Gasteiger partial charge on any atom is -0.387 e. The standard InChI is InChI=1S/C20H31F2N5O3/c21-20(22)8-7-16(28)26(12-20)11-14(23)10-17(29)27-9-2-1-6-15(27)19(30)25-18(24)13-4-3-5-13/h13-15H,1-12,23H2,(H2,24,25,30)/t14-,15-/m0/s1. The average molecular weight is 427 g/mol. The van der Waals surface area contributed by atoms with Gasteiger partial charge in [-0.15, -0.1) is 0 Å². The number of likely N-dealkylation sites (tertiary alicyclic amines) is 2. The largest absolute Gasteiger partial charge is 0.387 e. The summed E-state index contributed by atoms with van der Waals surface area (Å²) in [6.07, 6.45) is 4.21. The molecule has 0 unspecified atom stereocenters. The number of nitrogens with two attached hydrogens (primary N) is 2. The maximum Gasteiger partial charge on any atom is 0.270 e. The van der Waals surface area contributed by atoms with E-state index in [1.54, 1.807) is 0 Å². The first-order chi connectivity index (χ1) is 14.2. The van der Waals surface area contributed by atoms with Crippen LogP contribution in [0, 0.1) is 5.92 Å². The molecule has 0 bridgehead atoms. The third-order valence-electron chi connectivity index (χ3n) is 6.24. The monoisotopic (exact) mass is 427 g/mol. The van der Waals surface area contributed by atoms with Gasteiger partial charge in [-0.2, -0.15) is 4.99 Å². The average Bonchev–Trinajstić information content (AvgIpc) is 2.63. The van der Waals surface area contributed by atoms with Gasteiger partial charge in [-0.1, -0.05) is 6.42 Å². The van der Waals surface area contributed by atoms with E-state index in [1.165, 1.54) is 4.90 Å². The molecule has 3 rings (SSSR count). The quantitative estimate of drug-likeness (QED) is 0.484. The summed E-state index contributed by atoms with van der Waals surface area (Å²) >= 11 is 0. The smallest absolute Gasteiger partial charge is 0.270 e. The number of carbonyl (C=O) groups excluding carboxylic acids is 3. The molecule has 0 spiro atoms. The van der Waals surface area contributed by atoms with Crippen LogP contribution in [0.25, 0.3) is 0 Å². The number of rotatable bonds is 6. The first-order valence-corrected chi connectivity index (χ1v) is 10.7. The summed E-state index contributed by atoms with van der Waals surface area (Å²) in [7, 11) is 0. The Labute approximate surface area is 175 Å². The lowest BCUT2D eigenvalue weighted by Crippen LogP contribution is -2.53. The number of amides is 3. The summed E-state index contributed by atoms with van der Waals surface area (Å²) in [6.45, 7) is -0.366. The molecule has 3 aliphatic rings. The lowest BCUT2D eigenvalue weighted by atomic mass is 9.84. The van der Waals surface area contributed by atoms with Crippen LogP contribution in [0.3, 0.4) is 0 Å². The van der Waals surface area contributed by atoms with Gasteiger partial charge >= 0.3 is 0 Å². The summed E-state index contributed by atoms with van der Waals surface area (Å²) in [5, 5.41) is 0. The Hall–Kier alpha value is -2.10. The zero-order chi connectivity index (χ0) is 21.9. The number of piperidine rings is 2. The van der Waals surface area contributed by atoms with Gasteiger partial charge in [0.1, 0.15) is 11.9 Å². The maximum atomic E-state index is 13.6. The van der Waals surface area contributed by atoms with Crippen LogP contribution in [0.15, 0.2) is 4.99 Å². The molecule has 1 aliphatic carbocycles. The fourth-order valence-electron chi connectivity index (χ4n) is 4.23. The van der Waals surface area contributed by atoms with E-state index in [0.29, 0.717) is 18.8 Å². The maximum absolute atomic E-state index is 13.6. The second kappa shape index (κ2) is 9.36. The molecule has 0 aromatic heterocycles. The van der Waals surface area contributed by atoms with Crippen LogP contribution in [0.4, 0.5) is 8.78 Å². The molecule has 8 nitrogen and oxygen atoms in total. The molecule has 2 saturated heterocycles. The van der Waals surface area contributed by atoms with E-state index >= 15 is 0 Å². The highest BCUT2D eigenvalue weighted by Crippen LogP contribution is 2.28. The van der Waals surface area contributed by atoms with Gasteiger partial charge < -0.3 is 21.3 Å². The number of aliphatic imine (C=N–C) groups is 1. The van der Waals surface area contributed by atoms with Crippen LogP contribution in [0.5, 0.6) is 0 Å². The minimum absolute atomic E-state index is 0.112. The van der Waals surface area contributed by atoms with E-state index < -0.39 is 36.9 Å². The molecule has 4 N–H and O–H groups in total. The van der Waals surface area contributed by atoms with Crippen molar-refractivity contribution >= 4 is 23.6 Å². The summed E-state index contributed by atoms with van der Waals surface area (Å²) in [6, 6.07) is -1.45. The van der Waals surface area contributed by atoms with E-state index in [-0.39, 0.29) is 37.1 Å². The van der Waals surface area contributed by atoms with Crippen molar-refractivity contribution in [2.75, 3.05) is 19.6 Å². The zero-order valence-corrected chi connectivity index (χ0v) is 17.2. The van der Waals surface area contributed by atoms with Crippen molar-refractivity contribution in [2.45, 2.75) is 75.8 Å². The normalized spacial score (nSPS) is 26.3. The Morgan fingerprint density at radius 3 is 2.60 bits per heavy atom. The molecule has 2 heterocycles. The first-order valence-electron chi connectivity index (χ1n) is 10.7. The van der Waals surface area contributed by atoms with Crippen LogP contribution in [-0.2, 0) is 14.4 Å². The van der Waals surface area contributed by atoms with Gasteiger partial charge in [0.15, 0.2) is 0 Å². The van der Waals surface area contributed by atoms with Gasteiger partial charge in [-0.25, -0.2) is 8.78 Å². The summed E-state index contributed by atoms with van der Waals surface area (Å²) < 4.78 is 27.2. The lowest BCUT2D eigenvalue weighted by molar-refractivity contribution is -0.148. The SMILES string of the molecule is NC(=NC(=O)[C@@H]1CCCCN1C(=O)C[C@H](N)CN1CC(F)(F)CCC1=O)C1CCC1. The van der Waals surface area contributed by atoms with Gasteiger partial charge in [-0.05, 0) is 32.1 Å². The van der Waals surface area contributed by atoms with E-state index in [0.717, 1.165) is 37.0 Å². The molecule has 10 heteroatoms. The van der Waals surface area contributed by atoms with Gasteiger partial charge in [0, 0.05) is 44.3 Å². The molecule has 30 heavy (non-hydrogen) atoms. The Morgan fingerprint density at radius 2 is 1.93 bits per heavy atom. The number of carbonyl (C=O) groups is 3. The topological polar surface area (TPSA) is 122 Å². The molecule has 1 saturated carbocycles. The van der Waals surface area contributed by atoms with Crippen molar-refractivity contribution in [3.63, 3.8) is 0 Å². The van der Waals surface area contributed by atoms with E-state index in [2.05, 4.69) is 4.99 Å². The van der Waals surface area contributed by atoms with Crippen molar-refractivity contribution in [3.05, 3.63) is 0 Å². The molecular formula is C20H31F2N5O3. The van der Waals surface area contributed by atoms with E-state index in [1.807, 2.05) is 0 Å². The highest BCUT2D eigenvalue weighted by atomic mass is 19.3. The summed E-state index contributed by atoms with van der Waals surface area (Å²) in [4.78, 5) is 43.9. The van der Waals surface area contributed by atoms with Crippen LogP contribution < -0.4 is 11.5 Å².